The van der Waals surface area contributed by atoms with E-state index in [0.29, 0.717) is 33.2 Å². The quantitative estimate of drug-likeness (QED) is 0.418. The van der Waals surface area contributed by atoms with Gasteiger partial charge < -0.3 is 14.6 Å². The molecule has 0 saturated heterocycles. The molecule has 0 aliphatic heterocycles. The molecule has 0 bridgehead atoms. The molecule has 31 heavy (non-hydrogen) atoms. The van der Waals surface area contributed by atoms with Gasteiger partial charge in [-0.2, -0.15) is 9.78 Å². The van der Waals surface area contributed by atoms with E-state index in [4.69, 9.17) is 26.2 Å². The predicted octanol–water partition coefficient (Wildman–Crippen LogP) is 4.49. The van der Waals surface area contributed by atoms with Crippen molar-refractivity contribution >= 4 is 66.5 Å². The average molecular weight is 574 g/mol. The Balaban J connectivity index is 2.10. The lowest BCUT2D eigenvalue weighted by Crippen LogP contribution is -2.22. The van der Waals surface area contributed by atoms with Gasteiger partial charge in [-0.3, -0.25) is 4.79 Å². The number of hydrogen-bond donors (Lipinski definition) is 1. The molecule has 0 atom stereocenters. The molecule has 3 rings (SSSR count). The number of benzene rings is 2. The number of aliphatic carboxylic acids is 1. The van der Waals surface area contributed by atoms with Crippen LogP contribution in [0.3, 0.4) is 0 Å². The molecule has 0 spiro atoms. The standard InChI is InChI=1S/C20H16Br2ClN3O5/c1-3-15-25-13-5-4-11(21)7-12(13)20(29)26(15)24-8-10-6-14(30-2)19(18(23)17(10)22)31-9-16(27)28/h4-8H,3,9H2,1-2H3,(H,27,28). The Morgan fingerprint density at radius 1 is 1.35 bits per heavy atom. The zero-order valence-electron chi connectivity index (χ0n) is 16.4. The molecule has 0 aliphatic rings. The van der Waals surface area contributed by atoms with Crippen LogP contribution < -0.4 is 15.0 Å². The second-order valence-electron chi connectivity index (χ2n) is 6.21. The molecule has 2 aromatic carbocycles. The fourth-order valence-corrected chi connectivity index (χ4v) is 3.80. The monoisotopic (exact) mass is 571 g/mol. The van der Waals surface area contributed by atoms with Crippen LogP contribution in [0.4, 0.5) is 0 Å². The maximum atomic E-state index is 13.0. The number of carboxylic acid groups (broad SMARTS) is 1. The Bertz CT molecular complexity index is 1260. The second-order valence-corrected chi connectivity index (χ2v) is 8.30. The van der Waals surface area contributed by atoms with E-state index in [1.54, 1.807) is 18.2 Å². The maximum absolute atomic E-state index is 13.0. The van der Waals surface area contributed by atoms with Crippen molar-refractivity contribution in [1.29, 1.82) is 0 Å². The van der Waals surface area contributed by atoms with Gasteiger partial charge in [0.05, 0.1) is 24.2 Å². The van der Waals surface area contributed by atoms with Gasteiger partial charge in [0.25, 0.3) is 5.56 Å². The van der Waals surface area contributed by atoms with Crippen molar-refractivity contribution in [2.75, 3.05) is 13.7 Å². The van der Waals surface area contributed by atoms with Gasteiger partial charge in [-0.1, -0.05) is 34.5 Å². The van der Waals surface area contributed by atoms with E-state index >= 15 is 0 Å². The molecule has 0 unspecified atom stereocenters. The fraction of sp³-hybridized carbons (Fsp3) is 0.200. The van der Waals surface area contributed by atoms with Crippen molar-refractivity contribution < 1.29 is 19.4 Å². The summed E-state index contributed by atoms with van der Waals surface area (Å²) in [5.74, 6) is -0.354. The van der Waals surface area contributed by atoms with E-state index in [2.05, 4.69) is 41.9 Å². The molecule has 1 heterocycles. The summed E-state index contributed by atoms with van der Waals surface area (Å²) in [7, 11) is 1.40. The summed E-state index contributed by atoms with van der Waals surface area (Å²) in [6, 6.07) is 6.85. The van der Waals surface area contributed by atoms with Crippen molar-refractivity contribution in [2.45, 2.75) is 13.3 Å². The van der Waals surface area contributed by atoms with Gasteiger partial charge in [0.15, 0.2) is 18.1 Å². The van der Waals surface area contributed by atoms with Crippen molar-refractivity contribution in [1.82, 2.24) is 9.66 Å². The first-order valence-corrected chi connectivity index (χ1v) is 10.9. The van der Waals surface area contributed by atoms with Crippen LogP contribution in [0.5, 0.6) is 11.5 Å². The first-order valence-electron chi connectivity index (χ1n) is 8.92. The first-order chi connectivity index (χ1) is 14.8. The molecular weight excluding hydrogens is 557 g/mol. The molecule has 0 radical (unpaired) electrons. The number of rotatable bonds is 7. The summed E-state index contributed by atoms with van der Waals surface area (Å²) in [4.78, 5) is 28.4. The smallest absolute Gasteiger partial charge is 0.341 e. The van der Waals surface area contributed by atoms with Crippen LogP contribution in [0, 0.1) is 0 Å². The third-order valence-electron chi connectivity index (χ3n) is 4.22. The van der Waals surface area contributed by atoms with Crippen LogP contribution in [0.2, 0.25) is 5.02 Å². The van der Waals surface area contributed by atoms with Gasteiger partial charge >= 0.3 is 5.97 Å². The van der Waals surface area contributed by atoms with Gasteiger partial charge in [-0.25, -0.2) is 9.78 Å². The average Bonchev–Trinajstić information content (AvgIpc) is 2.74. The number of ether oxygens (including phenoxy) is 2. The number of aromatic nitrogens is 2. The Morgan fingerprint density at radius 2 is 2.10 bits per heavy atom. The lowest BCUT2D eigenvalue weighted by Gasteiger charge is -2.14. The molecule has 0 fully saturated rings. The zero-order chi connectivity index (χ0) is 22.7. The van der Waals surface area contributed by atoms with Crippen LogP contribution in [0.15, 0.2) is 43.1 Å². The lowest BCUT2D eigenvalue weighted by atomic mass is 10.2. The number of carbonyl (C=O) groups is 1. The van der Waals surface area contributed by atoms with Crippen molar-refractivity contribution in [3.8, 4) is 11.5 Å². The van der Waals surface area contributed by atoms with E-state index in [-0.39, 0.29) is 22.1 Å². The molecule has 1 N–H and O–H groups in total. The SMILES string of the molecule is CCc1nc2ccc(Br)cc2c(=O)n1N=Cc1cc(OC)c(OCC(=O)O)c(Cl)c1Br. The number of carboxylic acids is 1. The van der Waals surface area contributed by atoms with Gasteiger partial charge in [0.2, 0.25) is 0 Å². The summed E-state index contributed by atoms with van der Waals surface area (Å²) in [6.07, 6.45) is 1.93. The van der Waals surface area contributed by atoms with Gasteiger partial charge in [0.1, 0.15) is 10.8 Å². The number of hydrogen-bond acceptors (Lipinski definition) is 6. The van der Waals surface area contributed by atoms with Crippen molar-refractivity contribution in [2.24, 2.45) is 5.10 Å². The highest BCUT2D eigenvalue weighted by Gasteiger charge is 2.18. The predicted molar refractivity (Wildman–Crippen MR) is 125 cm³/mol. The highest BCUT2D eigenvalue weighted by molar-refractivity contribution is 9.10. The van der Waals surface area contributed by atoms with Gasteiger partial charge in [-0.05, 0) is 40.2 Å². The number of methoxy groups -OCH3 is 1. The molecule has 0 aliphatic carbocycles. The minimum absolute atomic E-state index is 0.0826. The first kappa shape index (κ1) is 23.2. The minimum Gasteiger partial charge on any atom is -0.493 e. The summed E-state index contributed by atoms with van der Waals surface area (Å²) in [6.45, 7) is 1.30. The normalized spacial score (nSPS) is 11.3. The molecule has 0 saturated carbocycles. The number of nitrogens with zero attached hydrogens (tertiary/aromatic N) is 3. The van der Waals surface area contributed by atoms with E-state index in [1.807, 2.05) is 13.0 Å². The summed E-state index contributed by atoms with van der Waals surface area (Å²) in [5, 5.41) is 13.7. The van der Waals surface area contributed by atoms with E-state index in [0.717, 1.165) is 4.47 Å². The largest absolute Gasteiger partial charge is 0.493 e. The molecule has 8 nitrogen and oxygen atoms in total. The highest BCUT2D eigenvalue weighted by atomic mass is 79.9. The topological polar surface area (TPSA) is 103 Å². The Hall–Kier alpha value is -2.43. The fourth-order valence-electron chi connectivity index (χ4n) is 2.78. The van der Waals surface area contributed by atoms with Crippen LogP contribution >= 0.6 is 43.5 Å². The van der Waals surface area contributed by atoms with Crippen LogP contribution in [0.1, 0.15) is 18.3 Å². The summed E-state index contributed by atoms with van der Waals surface area (Å²) in [5.41, 5.74) is 0.769. The van der Waals surface area contributed by atoms with E-state index in [9.17, 15) is 9.59 Å². The Morgan fingerprint density at radius 3 is 2.74 bits per heavy atom. The number of aryl methyl sites for hydroxylation is 1. The van der Waals surface area contributed by atoms with Crippen LogP contribution in [-0.4, -0.2) is 40.7 Å². The van der Waals surface area contributed by atoms with Crippen LogP contribution in [0.25, 0.3) is 10.9 Å². The Kier molecular flexibility index (Phi) is 7.34. The third kappa shape index (κ3) is 4.91. The molecule has 3 aromatic rings. The highest BCUT2D eigenvalue weighted by Crippen LogP contribution is 2.42. The maximum Gasteiger partial charge on any atom is 0.341 e. The second kappa shape index (κ2) is 9.80. The van der Waals surface area contributed by atoms with Crippen molar-refractivity contribution in [3.05, 3.63) is 60.0 Å². The summed E-state index contributed by atoms with van der Waals surface area (Å²) >= 11 is 13.1. The summed E-state index contributed by atoms with van der Waals surface area (Å²) < 4.78 is 12.9. The van der Waals surface area contributed by atoms with E-state index in [1.165, 1.54) is 18.0 Å². The number of fused-ring (bicyclic) bond motifs is 1. The van der Waals surface area contributed by atoms with Gasteiger partial charge in [0, 0.05) is 20.9 Å². The van der Waals surface area contributed by atoms with Gasteiger partial charge in [-0.15, -0.1) is 0 Å². The minimum atomic E-state index is -1.15. The lowest BCUT2D eigenvalue weighted by molar-refractivity contribution is -0.139. The zero-order valence-corrected chi connectivity index (χ0v) is 20.3. The molecule has 11 heteroatoms. The molecule has 1 aromatic heterocycles. The van der Waals surface area contributed by atoms with Crippen LogP contribution in [-0.2, 0) is 11.2 Å². The number of halogens is 3. The molecule has 0 amide bonds. The third-order valence-corrected chi connectivity index (χ3v) is 6.16. The molecule has 162 valence electrons. The Labute approximate surface area is 198 Å². The van der Waals surface area contributed by atoms with Crippen molar-refractivity contribution in [3.63, 3.8) is 0 Å². The molecular formula is C20H16Br2ClN3O5. The van der Waals surface area contributed by atoms with E-state index < -0.39 is 12.6 Å².